The minimum absolute atomic E-state index is 0.0450. The van der Waals surface area contributed by atoms with Crippen LogP contribution in [0.4, 0.5) is 0 Å². The number of rotatable bonds is 1. The number of carbonyl (C=O) groups excluding carboxylic acids is 1. The average Bonchev–Trinajstić information content (AvgIpc) is 2.42. The van der Waals surface area contributed by atoms with E-state index < -0.39 is 0 Å². The molecule has 0 radical (unpaired) electrons. The van der Waals surface area contributed by atoms with Gasteiger partial charge in [0.05, 0.1) is 6.10 Å². The molecule has 5 unspecified atom stereocenters. The molecular weight excluding hydrogens is 272 g/mol. The number of hydrogen-bond acceptors (Lipinski definition) is 2. The second kappa shape index (κ2) is 4.80. The van der Waals surface area contributed by atoms with E-state index in [0.29, 0.717) is 18.1 Å². The van der Waals surface area contributed by atoms with Crippen LogP contribution in [0.25, 0.3) is 0 Å². The van der Waals surface area contributed by atoms with E-state index in [4.69, 9.17) is 0 Å². The maximum atomic E-state index is 12.4. The molecule has 0 bridgehead atoms. The molecule has 3 aliphatic rings. The minimum Gasteiger partial charge on any atom is -0.392 e. The summed E-state index contributed by atoms with van der Waals surface area (Å²) in [6.07, 6.45) is 8.43. The van der Waals surface area contributed by atoms with Crippen LogP contribution in [0.5, 0.6) is 0 Å². The molecule has 22 heavy (non-hydrogen) atoms. The van der Waals surface area contributed by atoms with Gasteiger partial charge in [-0.2, -0.15) is 0 Å². The Morgan fingerprint density at radius 2 is 1.95 bits per heavy atom. The molecule has 0 saturated heterocycles. The van der Waals surface area contributed by atoms with Crippen molar-refractivity contribution in [3.05, 3.63) is 24.3 Å². The highest BCUT2D eigenvalue weighted by Crippen LogP contribution is 2.62. The Morgan fingerprint density at radius 3 is 2.59 bits per heavy atom. The number of allylic oxidation sites excluding steroid dienone is 2. The van der Waals surface area contributed by atoms with Gasteiger partial charge in [0.1, 0.15) is 5.78 Å². The van der Waals surface area contributed by atoms with E-state index in [1.807, 2.05) is 6.08 Å². The maximum Gasteiger partial charge on any atom is 0.138 e. The summed E-state index contributed by atoms with van der Waals surface area (Å²) in [4.78, 5) is 12.4. The lowest BCUT2D eigenvalue weighted by molar-refractivity contribution is -0.150. The van der Waals surface area contributed by atoms with Crippen LogP contribution in [0.3, 0.4) is 0 Å². The predicted octanol–water partition coefficient (Wildman–Crippen LogP) is 4.29. The smallest absolute Gasteiger partial charge is 0.138 e. The Labute approximate surface area is 134 Å². The lowest BCUT2D eigenvalue weighted by Gasteiger charge is -2.59. The van der Waals surface area contributed by atoms with E-state index >= 15 is 0 Å². The Kier molecular flexibility index (Phi) is 3.49. The number of aliphatic hydroxyl groups excluding tert-OH is 1. The Morgan fingerprint density at radius 1 is 1.27 bits per heavy atom. The van der Waals surface area contributed by atoms with Gasteiger partial charge in [-0.3, -0.25) is 4.79 Å². The third-order valence-electron chi connectivity index (χ3n) is 7.12. The van der Waals surface area contributed by atoms with E-state index in [0.717, 1.165) is 25.7 Å². The molecule has 0 aromatic heterocycles. The molecule has 0 aromatic carbocycles. The highest BCUT2D eigenvalue weighted by atomic mass is 16.3. The molecule has 2 heteroatoms. The van der Waals surface area contributed by atoms with E-state index in [1.165, 1.54) is 5.57 Å². The van der Waals surface area contributed by atoms with Crippen LogP contribution in [0.15, 0.2) is 24.3 Å². The van der Waals surface area contributed by atoms with E-state index in [2.05, 4.69) is 40.3 Å². The van der Waals surface area contributed by atoms with E-state index in [1.54, 1.807) is 0 Å². The third kappa shape index (κ3) is 2.06. The quantitative estimate of drug-likeness (QED) is 0.734. The molecule has 0 aliphatic heterocycles. The standard InChI is InChI=1S/C20H30O2/c1-6-19(4)11-13-7-8-15-18(2,3)16(22)9-10-20(15,5)17(13)14(21)12-19/h6,11,14-15,17,21H,1,7-10,12H2,2-5H3. The Hall–Kier alpha value is -0.890. The molecule has 0 amide bonds. The first-order valence-corrected chi connectivity index (χ1v) is 8.71. The van der Waals surface area contributed by atoms with Crippen LogP contribution >= 0.6 is 0 Å². The van der Waals surface area contributed by atoms with Crippen LogP contribution in [-0.4, -0.2) is 17.0 Å². The summed E-state index contributed by atoms with van der Waals surface area (Å²) in [5.41, 5.74) is 1.11. The van der Waals surface area contributed by atoms with Crippen molar-refractivity contribution >= 4 is 5.78 Å². The van der Waals surface area contributed by atoms with Crippen LogP contribution in [0.1, 0.15) is 59.8 Å². The Balaban J connectivity index is 2.05. The van der Waals surface area contributed by atoms with Gasteiger partial charge in [0.25, 0.3) is 0 Å². The number of aliphatic hydroxyl groups is 1. The second-order valence-corrected chi connectivity index (χ2v) is 8.92. The van der Waals surface area contributed by atoms with Crippen LogP contribution in [0, 0.1) is 28.1 Å². The zero-order valence-electron chi connectivity index (χ0n) is 14.5. The third-order valence-corrected chi connectivity index (χ3v) is 7.12. The van der Waals surface area contributed by atoms with Crippen molar-refractivity contribution in [1.29, 1.82) is 0 Å². The van der Waals surface area contributed by atoms with Crippen molar-refractivity contribution in [3.63, 3.8) is 0 Å². The number of fused-ring (bicyclic) bond motifs is 3. The van der Waals surface area contributed by atoms with Gasteiger partial charge in [-0.15, -0.1) is 6.58 Å². The topological polar surface area (TPSA) is 37.3 Å². The average molecular weight is 302 g/mol. The number of ketones is 1. The fraction of sp³-hybridized carbons (Fsp3) is 0.750. The van der Waals surface area contributed by atoms with Gasteiger partial charge in [-0.05, 0) is 37.0 Å². The zero-order chi connectivity index (χ0) is 16.3. The molecule has 3 aliphatic carbocycles. The predicted molar refractivity (Wildman–Crippen MR) is 89.4 cm³/mol. The molecule has 122 valence electrons. The van der Waals surface area contributed by atoms with Crippen molar-refractivity contribution in [2.45, 2.75) is 65.9 Å². The summed E-state index contributed by atoms with van der Waals surface area (Å²) in [6.45, 7) is 12.7. The van der Waals surface area contributed by atoms with Gasteiger partial charge < -0.3 is 5.11 Å². The van der Waals surface area contributed by atoms with Gasteiger partial charge in [-0.25, -0.2) is 0 Å². The monoisotopic (exact) mass is 302 g/mol. The molecule has 5 atom stereocenters. The number of hydrogen-bond donors (Lipinski definition) is 1. The maximum absolute atomic E-state index is 12.4. The zero-order valence-corrected chi connectivity index (χ0v) is 14.5. The van der Waals surface area contributed by atoms with Crippen LogP contribution in [0.2, 0.25) is 0 Å². The highest BCUT2D eigenvalue weighted by molar-refractivity contribution is 5.85. The van der Waals surface area contributed by atoms with Crippen molar-refractivity contribution in [2.24, 2.45) is 28.1 Å². The summed E-state index contributed by atoms with van der Waals surface area (Å²) >= 11 is 0. The molecule has 3 rings (SSSR count). The van der Waals surface area contributed by atoms with Crippen LogP contribution in [-0.2, 0) is 4.79 Å². The summed E-state index contributed by atoms with van der Waals surface area (Å²) < 4.78 is 0. The summed E-state index contributed by atoms with van der Waals surface area (Å²) in [5.74, 6) is 1.00. The van der Waals surface area contributed by atoms with Gasteiger partial charge in [-0.1, -0.05) is 45.4 Å². The van der Waals surface area contributed by atoms with Crippen LogP contribution < -0.4 is 0 Å². The number of Topliss-reactive ketones (excluding diaryl/α,β-unsaturated/α-hetero) is 1. The first kappa shape index (κ1) is 16.0. The molecular formula is C20H30O2. The van der Waals surface area contributed by atoms with Crippen molar-refractivity contribution in [3.8, 4) is 0 Å². The molecule has 2 fully saturated rings. The van der Waals surface area contributed by atoms with Gasteiger partial charge in [0.2, 0.25) is 0 Å². The van der Waals surface area contributed by atoms with Crippen molar-refractivity contribution in [1.82, 2.24) is 0 Å². The normalized spacial score (nSPS) is 47.2. The summed E-state index contributed by atoms with van der Waals surface area (Å²) in [7, 11) is 0. The fourth-order valence-electron chi connectivity index (χ4n) is 5.89. The lowest BCUT2D eigenvalue weighted by Crippen LogP contribution is -2.57. The van der Waals surface area contributed by atoms with E-state index in [-0.39, 0.29) is 28.3 Å². The van der Waals surface area contributed by atoms with Crippen molar-refractivity contribution in [2.75, 3.05) is 0 Å². The van der Waals surface area contributed by atoms with Gasteiger partial charge in [0.15, 0.2) is 0 Å². The number of carbonyl (C=O) groups is 1. The van der Waals surface area contributed by atoms with E-state index in [9.17, 15) is 9.90 Å². The summed E-state index contributed by atoms with van der Waals surface area (Å²) in [6, 6.07) is 0. The SMILES string of the molecule is C=CC1(C)C=C2CCC3C(C)(C)C(=O)CCC3(C)C2C(O)C1. The molecule has 2 saturated carbocycles. The lowest BCUT2D eigenvalue weighted by atomic mass is 9.45. The van der Waals surface area contributed by atoms with Gasteiger partial charge in [0, 0.05) is 23.2 Å². The fourth-order valence-corrected chi connectivity index (χ4v) is 5.89. The molecule has 2 nitrogen and oxygen atoms in total. The molecule has 0 aromatic rings. The molecule has 0 spiro atoms. The first-order chi connectivity index (χ1) is 10.1. The minimum atomic E-state index is -0.320. The molecule has 0 heterocycles. The Bertz CT molecular complexity index is 544. The highest BCUT2D eigenvalue weighted by Gasteiger charge is 2.59. The van der Waals surface area contributed by atoms with Crippen molar-refractivity contribution < 1.29 is 9.90 Å². The summed E-state index contributed by atoms with van der Waals surface area (Å²) in [5, 5.41) is 10.9. The largest absolute Gasteiger partial charge is 0.392 e. The first-order valence-electron chi connectivity index (χ1n) is 8.71. The van der Waals surface area contributed by atoms with Gasteiger partial charge >= 0.3 is 0 Å². The molecule has 1 N–H and O–H groups in total. The second-order valence-electron chi connectivity index (χ2n) is 8.92.